The number of phenolic OH excluding ortho intramolecular Hbond substituents is 2. The van der Waals surface area contributed by atoms with E-state index >= 15 is 0 Å². The summed E-state index contributed by atoms with van der Waals surface area (Å²) in [6, 6.07) is 8.98. The molecule has 1 aliphatic carbocycles. The number of hydrogen-bond acceptors (Lipinski definition) is 8. The molecule has 0 aromatic heterocycles. The molecular formula is C37H56N4O6. The lowest BCUT2D eigenvalue weighted by Crippen LogP contribution is -2.42. The van der Waals surface area contributed by atoms with Crippen LogP contribution in [-0.4, -0.2) is 69.0 Å². The number of benzene rings is 2. The van der Waals surface area contributed by atoms with Crippen LogP contribution in [0.4, 0.5) is 5.69 Å². The topological polar surface area (TPSA) is 148 Å². The number of phenols is 2. The molecule has 10 nitrogen and oxygen atoms in total. The average Bonchev–Trinajstić information content (AvgIpc) is 3.46. The number of guanidine groups is 1. The van der Waals surface area contributed by atoms with Crippen LogP contribution in [0.1, 0.15) is 75.8 Å². The molecule has 0 aliphatic heterocycles. The van der Waals surface area contributed by atoms with Crippen LogP contribution in [0.25, 0.3) is 0 Å². The molecule has 0 amide bonds. The Balaban J connectivity index is 1.84. The summed E-state index contributed by atoms with van der Waals surface area (Å²) < 4.78 is 17.3. The smallest absolute Gasteiger partial charge is 0.192 e. The maximum absolute atomic E-state index is 12.9. The second-order valence-electron chi connectivity index (χ2n) is 12.7. The van der Waals surface area contributed by atoms with Gasteiger partial charge in [0, 0.05) is 33.7 Å². The number of nitrogens with two attached hydrogens (primary N) is 1. The highest BCUT2D eigenvalue weighted by molar-refractivity contribution is 5.94. The summed E-state index contributed by atoms with van der Waals surface area (Å²) in [5.74, 6) is 1.70. The minimum atomic E-state index is -0.459. The van der Waals surface area contributed by atoms with Crippen LogP contribution in [0.5, 0.6) is 23.0 Å². The largest absolute Gasteiger partial charge is 0.504 e. The van der Waals surface area contributed by atoms with Gasteiger partial charge in [-0.15, -0.1) is 0 Å². The number of methoxy groups -OCH3 is 2. The molecule has 0 radical (unpaired) electrons. The van der Waals surface area contributed by atoms with Crippen molar-refractivity contribution in [1.82, 2.24) is 5.32 Å². The van der Waals surface area contributed by atoms with E-state index in [2.05, 4.69) is 22.5 Å². The van der Waals surface area contributed by atoms with Crippen molar-refractivity contribution < 1.29 is 29.2 Å². The molecular weight excluding hydrogens is 596 g/mol. The molecule has 47 heavy (non-hydrogen) atoms. The van der Waals surface area contributed by atoms with E-state index in [4.69, 9.17) is 19.9 Å². The number of carbonyl (C=O) groups excluding carboxylic acids is 1. The number of aryl methyl sites for hydroxylation is 1. The number of ether oxygens (including phenoxy) is 3. The molecule has 260 valence electrons. The first-order chi connectivity index (χ1) is 22.6. The van der Waals surface area contributed by atoms with Crippen molar-refractivity contribution in [2.24, 2.45) is 22.6 Å². The summed E-state index contributed by atoms with van der Waals surface area (Å²) in [6.45, 7) is 3.55. The first-order valence-electron chi connectivity index (χ1n) is 16.9. The summed E-state index contributed by atoms with van der Waals surface area (Å²) in [6.07, 6.45) is 13.2. The monoisotopic (exact) mass is 652 g/mol. The predicted molar refractivity (Wildman–Crippen MR) is 189 cm³/mol. The lowest BCUT2D eigenvalue weighted by Gasteiger charge is -2.32. The summed E-state index contributed by atoms with van der Waals surface area (Å²) >= 11 is 0. The molecule has 1 aliphatic rings. The number of anilines is 1. The Labute approximate surface area is 280 Å². The Bertz CT molecular complexity index is 1350. The third-order valence-electron chi connectivity index (χ3n) is 9.00. The van der Waals surface area contributed by atoms with Crippen LogP contribution in [0.3, 0.4) is 0 Å². The molecule has 0 saturated heterocycles. The number of rotatable bonds is 20. The van der Waals surface area contributed by atoms with Crippen LogP contribution in [0.15, 0.2) is 47.5 Å². The van der Waals surface area contributed by atoms with Crippen molar-refractivity contribution in [3.05, 3.63) is 53.6 Å². The number of allylic oxidation sites excluding steroid dienone is 2. The van der Waals surface area contributed by atoms with Gasteiger partial charge in [-0.3, -0.25) is 9.79 Å². The highest BCUT2D eigenvalue weighted by Gasteiger charge is 2.41. The molecule has 3 rings (SSSR count). The van der Waals surface area contributed by atoms with Crippen molar-refractivity contribution in [2.75, 3.05) is 46.8 Å². The Morgan fingerprint density at radius 1 is 1.17 bits per heavy atom. The summed E-state index contributed by atoms with van der Waals surface area (Å²) in [4.78, 5) is 17.0. The molecule has 0 bridgehead atoms. The highest BCUT2D eigenvalue weighted by Crippen LogP contribution is 2.44. The van der Waals surface area contributed by atoms with Crippen molar-refractivity contribution in [3.63, 3.8) is 0 Å². The second-order valence-corrected chi connectivity index (χ2v) is 12.7. The van der Waals surface area contributed by atoms with Crippen molar-refractivity contribution in [2.45, 2.75) is 83.2 Å². The molecule has 10 heteroatoms. The van der Waals surface area contributed by atoms with Crippen molar-refractivity contribution in [1.29, 1.82) is 0 Å². The van der Waals surface area contributed by atoms with E-state index < -0.39 is 5.60 Å². The summed E-state index contributed by atoms with van der Waals surface area (Å²) in [5.41, 5.74) is 7.90. The Morgan fingerprint density at radius 3 is 2.66 bits per heavy atom. The minimum Gasteiger partial charge on any atom is -0.504 e. The normalized spacial score (nSPS) is 18.8. The van der Waals surface area contributed by atoms with Crippen LogP contribution in [0, 0.1) is 11.8 Å². The second kappa shape index (κ2) is 19.2. The van der Waals surface area contributed by atoms with E-state index in [0.29, 0.717) is 55.5 Å². The fourth-order valence-corrected chi connectivity index (χ4v) is 6.42. The molecule has 2 aromatic carbocycles. The summed E-state index contributed by atoms with van der Waals surface area (Å²) in [7, 11) is 6.75. The van der Waals surface area contributed by atoms with Crippen LogP contribution in [-0.2, 0) is 22.4 Å². The molecule has 3 unspecified atom stereocenters. The summed E-state index contributed by atoms with van der Waals surface area (Å²) in [5, 5.41) is 27.6. The molecule has 6 N–H and O–H groups in total. The predicted octanol–water partition coefficient (Wildman–Crippen LogP) is 6.13. The van der Waals surface area contributed by atoms with E-state index in [9.17, 15) is 15.0 Å². The van der Waals surface area contributed by atoms with Gasteiger partial charge in [-0.25, -0.2) is 0 Å². The zero-order chi connectivity index (χ0) is 34.2. The number of carbonyl (C=O) groups is 1. The van der Waals surface area contributed by atoms with Gasteiger partial charge in [-0.05, 0) is 105 Å². The average molecular weight is 653 g/mol. The van der Waals surface area contributed by atoms with E-state index in [1.54, 1.807) is 38.4 Å². The lowest BCUT2D eigenvalue weighted by molar-refractivity contribution is -0.114. The molecule has 0 heterocycles. The van der Waals surface area contributed by atoms with Gasteiger partial charge in [0.15, 0.2) is 34.7 Å². The molecule has 1 saturated carbocycles. The maximum atomic E-state index is 12.9. The van der Waals surface area contributed by atoms with E-state index in [1.807, 2.05) is 25.3 Å². The van der Waals surface area contributed by atoms with Gasteiger partial charge in [-0.1, -0.05) is 38.3 Å². The quantitative estimate of drug-likeness (QED) is 0.0374. The number of aromatic hydroxyl groups is 2. The molecule has 2 aromatic rings. The van der Waals surface area contributed by atoms with E-state index in [1.165, 1.54) is 7.11 Å². The van der Waals surface area contributed by atoms with Gasteiger partial charge >= 0.3 is 0 Å². The number of likely N-dealkylation sites (N-methyl/N-ethyl adjacent to an activating group) is 1. The molecule has 0 spiro atoms. The van der Waals surface area contributed by atoms with E-state index in [0.717, 1.165) is 62.5 Å². The number of aliphatic imine (C=N–C) groups is 1. The highest BCUT2D eigenvalue weighted by atomic mass is 16.5. The molecule has 1 fully saturated rings. The fourth-order valence-electron chi connectivity index (χ4n) is 6.42. The van der Waals surface area contributed by atoms with E-state index in [-0.39, 0.29) is 29.2 Å². The number of hydrogen-bond donors (Lipinski definition) is 5. The van der Waals surface area contributed by atoms with Crippen LogP contribution in [0.2, 0.25) is 0 Å². The van der Waals surface area contributed by atoms with Crippen LogP contribution < -0.4 is 25.8 Å². The van der Waals surface area contributed by atoms with Gasteiger partial charge in [0.2, 0.25) is 0 Å². The standard InChI is InChI=1S/C37H56N4O6/c1-6-7-8-9-26(10-13-30(42)14-11-27-12-15-32(43)33(22-27)46-5)20-29-21-31(41-36(38)40-3)35(44)34(23-29)47-37(25-39-2)18-16-28(24-37)17-19-45-4/h10,12-13,15,21-23,26,28,39,43-44H,6-9,11,14,16-20,24-25H2,1-5H3,(H3,38,40,41). The zero-order valence-electron chi connectivity index (χ0n) is 28.9. The SMILES string of the molecule is CCCCCC(C=CC(=O)CCc1ccc(O)c(OC)c1)Cc1cc(NC(N)=NC)c(O)c(OC2(CNC)CCC(CCOC)C2)c1. The number of unbranched alkanes of at least 4 members (excludes halogenated alkanes) is 2. The minimum absolute atomic E-state index is 0.00437. The third-order valence-corrected chi connectivity index (χ3v) is 9.00. The lowest BCUT2D eigenvalue weighted by atomic mass is 9.92. The Morgan fingerprint density at radius 2 is 1.96 bits per heavy atom. The van der Waals surface area contributed by atoms with Gasteiger partial charge < -0.3 is 40.8 Å². The molecule has 3 atom stereocenters. The number of nitrogens with one attached hydrogen (secondary N) is 2. The van der Waals surface area contributed by atoms with Crippen molar-refractivity contribution >= 4 is 17.4 Å². The van der Waals surface area contributed by atoms with Gasteiger partial charge in [0.1, 0.15) is 5.60 Å². The van der Waals surface area contributed by atoms with Gasteiger partial charge in [0.05, 0.1) is 12.8 Å². The maximum Gasteiger partial charge on any atom is 0.192 e. The fraction of sp³-hybridized carbons (Fsp3) is 0.568. The van der Waals surface area contributed by atoms with Crippen molar-refractivity contribution in [3.8, 4) is 23.0 Å². The Hall–Kier alpha value is -3.76. The number of ketones is 1. The van der Waals surface area contributed by atoms with Gasteiger partial charge in [0.25, 0.3) is 0 Å². The zero-order valence-corrected chi connectivity index (χ0v) is 28.9. The number of nitrogens with zero attached hydrogens (tertiary/aromatic N) is 1. The van der Waals surface area contributed by atoms with Crippen LogP contribution >= 0.6 is 0 Å². The third kappa shape index (κ3) is 11.8. The first-order valence-corrected chi connectivity index (χ1v) is 16.9. The van der Waals surface area contributed by atoms with Gasteiger partial charge in [-0.2, -0.15) is 0 Å². The first kappa shape index (κ1) is 37.7. The Kier molecular flexibility index (Phi) is 15.4.